The topological polar surface area (TPSA) is 65.5 Å². The zero-order valence-electron chi connectivity index (χ0n) is 8.77. The molecule has 2 rings (SSSR count). The summed E-state index contributed by atoms with van der Waals surface area (Å²) in [6, 6.07) is 8.17. The molecule has 0 amide bonds. The van der Waals surface area contributed by atoms with E-state index in [0.29, 0.717) is 17.0 Å². The fraction of sp³-hybridized carbons (Fsp3) is 0.0833. The van der Waals surface area contributed by atoms with Crippen molar-refractivity contribution in [3.8, 4) is 5.75 Å². The molecule has 0 fully saturated rings. The average Bonchev–Trinajstić information content (AvgIpc) is 2.81. The first-order valence-electron chi connectivity index (χ1n) is 4.74. The summed E-state index contributed by atoms with van der Waals surface area (Å²) in [7, 11) is 1.50. The number of carbonyl (C=O) groups excluding carboxylic acids is 1. The van der Waals surface area contributed by atoms with Gasteiger partial charge in [0.15, 0.2) is 5.76 Å². The summed E-state index contributed by atoms with van der Waals surface area (Å²) in [5, 5.41) is 0. The van der Waals surface area contributed by atoms with Crippen molar-refractivity contribution in [1.29, 1.82) is 0 Å². The van der Waals surface area contributed by atoms with Gasteiger partial charge < -0.3 is 14.9 Å². The van der Waals surface area contributed by atoms with Crippen LogP contribution in [0.1, 0.15) is 16.1 Å². The lowest BCUT2D eigenvalue weighted by Crippen LogP contribution is -2.03. The molecular weight excluding hydrogens is 206 g/mol. The molecule has 2 aromatic rings. The van der Waals surface area contributed by atoms with Crippen molar-refractivity contribution in [2.45, 2.75) is 0 Å². The summed E-state index contributed by atoms with van der Waals surface area (Å²) in [4.78, 5) is 12.0. The molecule has 0 saturated heterocycles. The number of hydrogen-bond acceptors (Lipinski definition) is 4. The largest absolute Gasteiger partial charge is 0.496 e. The maximum Gasteiger partial charge on any atom is 0.231 e. The lowest BCUT2D eigenvalue weighted by molar-refractivity contribution is 0.101. The van der Waals surface area contributed by atoms with E-state index in [4.69, 9.17) is 14.9 Å². The van der Waals surface area contributed by atoms with E-state index < -0.39 is 0 Å². The number of furan rings is 1. The number of nitrogen functional groups attached to an aromatic ring is 1. The van der Waals surface area contributed by atoms with E-state index in [-0.39, 0.29) is 11.5 Å². The van der Waals surface area contributed by atoms with Crippen LogP contribution in [0.3, 0.4) is 0 Å². The van der Waals surface area contributed by atoms with E-state index >= 15 is 0 Å². The number of ether oxygens (including phenoxy) is 1. The smallest absolute Gasteiger partial charge is 0.231 e. The SMILES string of the molecule is COc1ccc(N)cc1C(=O)c1ccco1. The molecule has 0 aliphatic carbocycles. The van der Waals surface area contributed by atoms with Crippen molar-refractivity contribution in [3.63, 3.8) is 0 Å². The third-order valence-corrected chi connectivity index (χ3v) is 2.21. The molecule has 0 saturated carbocycles. The summed E-state index contributed by atoms with van der Waals surface area (Å²) >= 11 is 0. The van der Waals surface area contributed by atoms with Crippen LogP contribution in [0, 0.1) is 0 Å². The number of benzene rings is 1. The summed E-state index contributed by atoms with van der Waals surface area (Å²) < 4.78 is 10.1. The van der Waals surface area contributed by atoms with Crippen molar-refractivity contribution >= 4 is 11.5 Å². The molecule has 1 heterocycles. The zero-order chi connectivity index (χ0) is 11.5. The third kappa shape index (κ3) is 1.77. The minimum Gasteiger partial charge on any atom is -0.496 e. The van der Waals surface area contributed by atoms with Crippen molar-refractivity contribution in [2.75, 3.05) is 12.8 Å². The van der Waals surface area contributed by atoms with Gasteiger partial charge in [0.05, 0.1) is 18.9 Å². The second-order valence-corrected chi connectivity index (χ2v) is 3.27. The molecular formula is C12H11NO3. The molecule has 1 aromatic carbocycles. The van der Waals surface area contributed by atoms with Crippen LogP contribution in [0.4, 0.5) is 5.69 Å². The van der Waals surface area contributed by atoms with Gasteiger partial charge in [0, 0.05) is 5.69 Å². The molecule has 82 valence electrons. The second kappa shape index (κ2) is 4.10. The highest BCUT2D eigenvalue weighted by atomic mass is 16.5. The predicted molar refractivity (Wildman–Crippen MR) is 59.5 cm³/mol. The Hall–Kier alpha value is -2.23. The molecule has 1 aromatic heterocycles. The first-order valence-corrected chi connectivity index (χ1v) is 4.74. The Labute approximate surface area is 92.6 Å². The Morgan fingerprint density at radius 1 is 1.38 bits per heavy atom. The van der Waals surface area contributed by atoms with E-state index in [1.54, 1.807) is 30.3 Å². The lowest BCUT2D eigenvalue weighted by Gasteiger charge is -2.06. The summed E-state index contributed by atoms with van der Waals surface area (Å²) in [6.45, 7) is 0. The molecule has 4 heteroatoms. The minimum absolute atomic E-state index is 0.242. The highest BCUT2D eigenvalue weighted by Crippen LogP contribution is 2.24. The van der Waals surface area contributed by atoms with Crippen LogP contribution in [0.25, 0.3) is 0 Å². The standard InChI is InChI=1S/C12H11NO3/c1-15-10-5-4-8(13)7-9(10)12(14)11-3-2-6-16-11/h2-7H,13H2,1H3. The van der Waals surface area contributed by atoms with E-state index in [0.717, 1.165) is 0 Å². The fourth-order valence-electron chi connectivity index (χ4n) is 1.44. The Morgan fingerprint density at radius 2 is 2.19 bits per heavy atom. The number of methoxy groups -OCH3 is 1. The predicted octanol–water partition coefficient (Wildman–Crippen LogP) is 2.10. The number of hydrogen-bond donors (Lipinski definition) is 1. The van der Waals surface area contributed by atoms with Gasteiger partial charge in [-0.3, -0.25) is 4.79 Å². The van der Waals surface area contributed by atoms with Crippen LogP contribution >= 0.6 is 0 Å². The van der Waals surface area contributed by atoms with Crippen LogP contribution in [0.5, 0.6) is 5.75 Å². The molecule has 0 spiro atoms. The van der Waals surface area contributed by atoms with Crippen LogP contribution in [0.2, 0.25) is 0 Å². The van der Waals surface area contributed by atoms with Crippen LogP contribution in [-0.4, -0.2) is 12.9 Å². The molecule has 0 atom stereocenters. The van der Waals surface area contributed by atoms with Crippen LogP contribution in [-0.2, 0) is 0 Å². The van der Waals surface area contributed by atoms with Crippen molar-refractivity contribution in [2.24, 2.45) is 0 Å². The van der Waals surface area contributed by atoms with Crippen molar-refractivity contribution < 1.29 is 13.9 Å². The maximum atomic E-state index is 12.0. The second-order valence-electron chi connectivity index (χ2n) is 3.27. The van der Waals surface area contributed by atoms with Gasteiger partial charge in [0.2, 0.25) is 5.78 Å². The van der Waals surface area contributed by atoms with Gasteiger partial charge in [0.1, 0.15) is 5.75 Å². The maximum absolute atomic E-state index is 12.0. The molecule has 0 bridgehead atoms. The van der Waals surface area contributed by atoms with Gasteiger partial charge in [-0.25, -0.2) is 0 Å². The number of ketones is 1. The van der Waals surface area contributed by atoms with E-state index in [2.05, 4.69) is 0 Å². The molecule has 0 unspecified atom stereocenters. The third-order valence-electron chi connectivity index (χ3n) is 2.21. The lowest BCUT2D eigenvalue weighted by atomic mass is 10.1. The number of anilines is 1. The average molecular weight is 217 g/mol. The molecule has 2 N–H and O–H groups in total. The van der Waals surface area contributed by atoms with Gasteiger partial charge in [-0.1, -0.05) is 0 Å². The zero-order valence-corrected chi connectivity index (χ0v) is 8.77. The summed E-state index contributed by atoms with van der Waals surface area (Å²) in [6.07, 6.45) is 1.45. The molecule has 0 aliphatic heterocycles. The van der Waals surface area contributed by atoms with Crippen LogP contribution in [0.15, 0.2) is 41.0 Å². The first kappa shape index (κ1) is 10.3. The first-order chi connectivity index (χ1) is 7.72. The number of nitrogens with two attached hydrogens (primary N) is 1. The van der Waals surface area contributed by atoms with E-state index in [1.165, 1.54) is 13.4 Å². The Balaban J connectivity index is 2.47. The monoisotopic (exact) mass is 217 g/mol. The van der Waals surface area contributed by atoms with Gasteiger partial charge in [-0.2, -0.15) is 0 Å². The van der Waals surface area contributed by atoms with Crippen molar-refractivity contribution in [3.05, 3.63) is 47.9 Å². The van der Waals surface area contributed by atoms with Gasteiger partial charge in [-0.05, 0) is 30.3 Å². The molecule has 0 aliphatic rings. The minimum atomic E-state index is -0.242. The molecule has 16 heavy (non-hydrogen) atoms. The van der Waals surface area contributed by atoms with Crippen molar-refractivity contribution in [1.82, 2.24) is 0 Å². The highest BCUT2D eigenvalue weighted by molar-refractivity contribution is 6.09. The normalized spacial score (nSPS) is 10.1. The number of carbonyl (C=O) groups is 1. The van der Waals surface area contributed by atoms with Crippen LogP contribution < -0.4 is 10.5 Å². The Bertz CT molecular complexity index is 503. The van der Waals surface area contributed by atoms with E-state index in [1.807, 2.05) is 0 Å². The van der Waals surface area contributed by atoms with E-state index in [9.17, 15) is 4.79 Å². The van der Waals surface area contributed by atoms with Gasteiger partial charge in [-0.15, -0.1) is 0 Å². The van der Waals surface area contributed by atoms with Gasteiger partial charge >= 0.3 is 0 Å². The highest BCUT2D eigenvalue weighted by Gasteiger charge is 2.16. The Kier molecular flexibility index (Phi) is 2.64. The quantitative estimate of drug-likeness (QED) is 0.631. The summed E-state index contributed by atoms with van der Waals surface area (Å²) in [5.41, 5.74) is 6.55. The van der Waals surface area contributed by atoms with Gasteiger partial charge in [0.25, 0.3) is 0 Å². The molecule has 0 radical (unpaired) electrons. The fourth-order valence-corrected chi connectivity index (χ4v) is 1.44. The summed E-state index contributed by atoms with van der Waals surface area (Å²) in [5.74, 6) is 0.508. The number of rotatable bonds is 3. The Morgan fingerprint density at radius 3 is 2.81 bits per heavy atom. The molecule has 4 nitrogen and oxygen atoms in total.